The van der Waals surface area contributed by atoms with Crippen LogP contribution in [0.2, 0.25) is 0 Å². The van der Waals surface area contributed by atoms with Gasteiger partial charge in [0.15, 0.2) is 6.10 Å². The lowest BCUT2D eigenvalue weighted by molar-refractivity contribution is -0.873. The molecule has 0 spiro atoms. The zero-order chi connectivity index (χ0) is 17.2. The molecule has 0 aliphatic heterocycles. The highest BCUT2D eigenvalue weighted by Gasteiger charge is 2.23. The second-order valence-corrected chi connectivity index (χ2v) is 5.78. The topological polar surface area (TPSA) is 130 Å². The van der Waals surface area contributed by atoms with E-state index in [1.54, 1.807) is 0 Å². The number of carboxylic acid groups (broad SMARTS) is 2. The van der Waals surface area contributed by atoms with Crippen LogP contribution >= 0.6 is 25.0 Å². The number of carboxylic acids is 2. The summed E-state index contributed by atoms with van der Waals surface area (Å²) in [5.41, 5.74) is 4.88. The van der Waals surface area contributed by atoms with Gasteiger partial charge in [-0.2, -0.15) is 12.6 Å². The van der Waals surface area contributed by atoms with Gasteiger partial charge in [0.2, 0.25) is 0 Å². The van der Waals surface area contributed by atoms with Crippen LogP contribution in [0.3, 0.4) is 0 Å². The number of carbonyl (C=O) groups excluding carboxylic acids is 2. The third-order valence-corrected chi connectivity index (χ3v) is 2.38. The van der Waals surface area contributed by atoms with Crippen LogP contribution in [-0.4, -0.2) is 73.1 Å². The average molecular weight is 361 g/mol. The molecule has 0 bridgehead atoms. The van der Waals surface area contributed by atoms with Crippen LogP contribution in [-0.2, 0) is 19.1 Å². The molecular formula is C12H25ClN2O6S. The summed E-state index contributed by atoms with van der Waals surface area (Å²) in [6.45, 7) is 1.77. The third-order valence-electron chi connectivity index (χ3n) is 1.99. The first kappa shape index (κ1) is 25.9. The monoisotopic (exact) mass is 360 g/mol. The number of nitrogens with two attached hydrogens (primary N) is 1. The van der Waals surface area contributed by atoms with Crippen LogP contribution in [0.4, 0.5) is 0 Å². The van der Waals surface area contributed by atoms with E-state index in [2.05, 4.69) is 12.6 Å². The number of quaternary nitrogens is 1. The molecule has 0 rings (SSSR count). The van der Waals surface area contributed by atoms with E-state index in [9.17, 15) is 19.5 Å². The van der Waals surface area contributed by atoms with Gasteiger partial charge in [-0.05, 0) is 0 Å². The van der Waals surface area contributed by atoms with Crippen LogP contribution in [0.5, 0.6) is 0 Å². The maximum absolute atomic E-state index is 10.7. The Morgan fingerprint density at radius 3 is 1.95 bits per heavy atom. The van der Waals surface area contributed by atoms with Gasteiger partial charge in [0, 0.05) is 12.7 Å². The molecule has 0 aliphatic rings. The summed E-state index contributed by atoms with van der Waals surface area (Å²) in [6, 6.07) is -0.927. The van der Waals surface area contributed by atoms with Gasteiger partial charge in [-0.25, -0.2) is 0 Å². The first-order chi connectivity index (χ1) is 9.38. The van der Waals surface area contributed by atoms with Gasteiger partial charge in [0.1, 0.15) is 6.54 Å². The van der Waals surface area contributed by atoms with E-state index < -0.39 is 30.1 Å². The fourth-order valence-electron chi connectivity index (χ4n) is 1.26. The number of rotatable bonds is 7. The molecule has 0 radical (unpaired) electrons. The summed E-state index contributed by atoms with van der Waals surface area (Å²) in [5, 5.41) is 18.2. The van der Waals surface area contributed by atoms with Crippen molar-refractivity contribution in [2.45, 2.75) is 25.5 Å². The van der Waals surface area contributed by atoms with E-state index in [4.69, 9.17) is 15.6 Å². The minimum atomic E-state index is -1.25. The molecule has 0 saturated heterocycles. The summed E-state index contributed by atoms with van der Waals surface area (Å²) < 4.78 is 5.46. The van der Waals surface area contributed by atoms with E-state index in [0.29, 0.717) is 11.0 Å². The van der Waals surface area contributed by atoms with Gasteiger partial charge < -0.3 is 30.0 Å². The van der Waals surface area contributed by atoms with Crippen LogP contribution in [0.15, 0.2) is 0 Å². The van der Waals surface area contributed by atoms with Crippen molar-refractivity contribution in [2.75, 3.05) is 33.4 Å². The van der Waals surface area contributed by atoms with Crippen LogP contribution in [0.25, 0.3) is 0 Å². The van der Waals surface area contributed by atoms with Crippen molar-refractivity contribution in [3.05, 3.63) is 0 Å². The van der Waals surface area contributed by atoms with Crippen molar-refractivity contribution >= 4 is 42.9 Å². The van der Waals surface area contributed by atoms with E-state index >= 15 is 0 Å². The van der Waals surface area contributed by atoms with Crippen LogP contribution in [0.1, 0.15) is 13.3 Å². The van der Waals surface area contributed by atoms with Gasteiger partial charge in [-0.15, -0.1) is 12.4 Å². The molecule has 0 aromatic heterocycles. The lowest BCUT2D eigenvalue weighted by Crippen LogP contribution is -2.43. The Balaban J connectivity index is -0.000000385. The molecule has 0 aromatic carbocycles. The molecule has 22 heavy (non-hydrogen) atoms. The lowest BCUT2D eigenvalue weighted by atomic mass is 10.2. The van der Waals surface area contributed by atoms with Crippen LogP contribution < -0.4 is 10.8 Å². The number of esters is 1. The molecule has 8 nitrogen and oxygen atoms in total. The standard InChI is InChI=1S/C9H17NO4.C3H7NO2S.ClH/c1-7(11)14-8(5-9(12)13)6-10(2,3)4;4-2(1-7)3(5)6;/h8H,5-6H2,1-4H3;2,7H,1,4H2,(H,5,6);1H/t8-;2-;/m00./s1. The number of ether oxygens (including phenoxy) is 1. The van der Waals surface area contributed by atoms with Gasteiger partial charge in [-0.1, -0.05) is 0 Å². The van der Waals surface area contributed by atoms with Crippen molar-refractivity contribution in [2.24, 2.45) is 5.73 Å². The van der Waals surface area contributed by atoms with Crippen LogP contribution in [0, 0.1) is 0 Å². The molecule has 0 unspecified atom stereocenters. The van der Waals surface area contributed by atoms with E-state index in [1.165, 1.54) is 6.92 Å². The summed E-state index contributed by atoms with van der Waals surface area (Å²) in [4.78, 5) is 30.8. The van der Waals surface area contributed by atoms with Crippen molar-refractivity contribution in [3.8, 4) is 0 Å². The predicted octanol–water partition coefficient (Wildman–Crippen LogP) is -1.49. The number of nitrogens with zero attached hydrogens (tertiary/aromatic N) is 1. The van der Waals surface area contributed by atoms with E-state index in [1.807, 2.05) is 21.1 Å². The van der Waals surface area contributed by atoms with Crippen molar-refractivity contribution in [1.82, 2.24) is 0 Å². The SMILES string of the molecule is CC(=O)O[C@@H](CC(=O)O)C[N+](C)(C)C.Cl.N[C@@H](CS)C(=O)[O-]. The number of hydrogen-bond donors (Lipinski definition) is 3. The van der Waals surface area contributed by atoms with Gasteiger partial charge in [-0.3, -0.25) is 9.59 Å². The molecule has 132 valence electrons. The Bertz CT molecular complexity index is 346. The number of aliphatic carboxylic acids is 2. The molecular weight excluding hydrogens is 336 g/mol. The fourth-order valence-corrected chi connectivity index (χ4v) is 1.41. The number of halogens is 1. The highest BCUT2D eigenvalue weighted by atomic mass is 35.5. The second-order valence-electron chi connectivity index (χ2n) is 5.41. The smallest absolute Gasteiger partial charge is 0.307 e. The minimum absolute atomic E-state index is 0. The molecule has 0 saturated carbocycles. The molecule has 0 fully saturated rings. The van der Waals surface area contributed by atoms with E-state index in [0.717, 1.165) is 0 Å². The Labute approximate surface area is 142 Å². The predicted molar refractivity (Wildman–Crippen MR) is 84.8 cm³/mol. The first-order valence-corrected chi connectivity index (χ1v) is 6.79. The maximum atomic E-state index is 10.7. The zero-order valence-electron chi connectivity index (χ0n) is 13.1. The summed E-state index contributed by atoms with van der Waals surface area (Å²) in [6.07, 6.45) is -0.695. The second kappa shape index (κ2) is 12.5. The Hall–Kier alpha value is -1.03. The molecule has 0 aromatic rings. The van der Waals surface area contributed by atoms with Crippen molar-refractivity contribution < 1.29 is 33.8 Å². The Morgan fingerprint density at radius 2 is 1.77 bits per heavy atom. The Kier molecular flexibility index (Phi) is 14.7. The normalized spacial score (nSPS) is 12.8. The molecule has 3 N–H and O–H groups in total. The lowest BCUT2D eigenvalue weighted by Gasteiger charge is -2.28. The Morgan fingerprint density at radius 1 is 1.32 bits per heavy atom. The quantitative estimate of drug-likeness (QED) is 0.286. The third kappa shape index (κ3) is 19.0. The van der Waals surface area contributed by atoms with Gasteiger partial charge in [0.25, 0.3) is 0 Å². The van der Waals surface area contributed by atoms with Gasteiger partial charge >= 0.3 is 11.9 Å². The van der Waals surface area contributed by atoms with Crippen molar-refractivity contribution in [3.63, 3.8) is 0 Å². The number of hydrogen-bond acceptors (Lipinski definition) is 7. The van der Waals surface area contributed by atoms with Crippen molar-refractivity contribution in [1.29, 1.82) is 0 Å². The molecule has 2 atom stereocenters. The minimum Gasteiger partial charge on any atom is -0.548 e. The summed E-state index contributed by atoms with van der Waals surface area (Å²) in [7, 11) is 5.75. The number of carbonyl (C=O) groups is 3. The molecule has 0 heterocycles. The van der Waals surface area contributed by atoms with Gasteiger partial charge in [0.05, 0.1) is 39.6 Å². The van der Waals surface area contributed by atoms with E-state index in [-0.39, 0.29) is 24.6 Å². The first-order valence-electron chi connectivity index (χ1n) is 6.15. The number of likely N-dealkylation sites (N-methyl/N-ethyl adjacent to an activating group) is 1. The summed E-state index contributed by atoms with van der Waals surface area (Å²) >= 11 is 3.61. The average Bonchev–Trinajstić information content (AvgIpc) is 2.24. The highest BCUT2D eigenvalue weighted by Crippen LogP contribution is 2.04. The molecule has 10 heteroatoms. The highest BCUT2D eigenvalue weighted by molar-refractivity contribution is 7.80. The number of thiol groups is 1. The zero-order valence-corrected chi connectivity index (χ0v) is 14.9. The fraction of sp³-hybridized carbons (Fsp3) is 0.750. The molecule has 0 aliphatic carbocycles. The summed E-state index contributed by atoms with van der Waals surface area (Å²) in [5.74, 6) is -2.52. The largest absolute Gasteiger partial charge is 0.548 e. The molecule has 0 amide bonds. The maximum Gasteiger partial charge on any atom is 0.307 e.